The number of furan rings is 1. The second-order valence-electron chi connectivity index (χ2n) is 13.4. The largest absolute Gasteiger partial charge is 0.456 e. The quantitative estimate of drug-likeness (QED) is 0.166. The van der Waals surface area contributed by atoms with Crippen molar-refractivity contribution >= 4 is 75.3 Å². The van der Waals surface area contributed by atoms with Gasteiger partial charge in [-0.25, -0.2) is 0 Å². The normalized spacial score (nSPS) is 16.3. The van der Waals surface area contributed by atoms with Crippen molar-refractivity contribution in [3.63, 3.8) is 0 Å². The maximum atomic E-state index is 6.57. The highest BCUT2D eigenvalue weighted by molar-refractivity contribution is 7.26. The zero-order valence-electron chi connectivity index (χ0n) is 25.5. The Balaban J connectivity index is 1.39. The first-order valence-electron chi connectivity index (χ1n) is 16.3. The molecule has 218 valence electrons. The predicted octanol–water partition coefficient (Wildman–Crippen LogP) is 12.4. The molecule has 1 aliphatic carbocycles. The Morgan fingerprint density at radius 3 is 2.28 bits per heavy atom. The first-order chi connectivity index (χ1) is 23.2. The summed E-state index contributed by atoms with van der Waals surface area (Å²) in [6.07, 6.45) is 0. The summed E-state index contributed by atoms with van der Waals surface area (Å²) < 4.78 is 11.7. The monoisotopic (exact) mass is 615 g/mol. The summed E-state index contributed by atoms with van der Waals surface area (Å²) in [4.78, 5) is 0. The topological polar surface area (TPSA) is 18.1 Å². The minimum Gasteiger partial charge on any atom is -0.456 e. The van der Waals surface area contributed by atoms with Crippen LogP contribution in [-0.4, -0.2) is 4.57 Å². The van der Waals surface area contributed by atoms with Gasteiger partial charge in [0, 0.05) is 52.8 Å². The lowest BCUT2D eigenvalue weighted by Gasteiger charge is -2.29. The molecule has 2 nitrogen and oxygen atoms in total. The Morgan fingerprint density at radius 2 is 1.32 bits per heavy atom. The molecule has 0 fully saturated rings. The molecule has 0 saturated carbocycles. The minimum absolute atomic E-state index is 0.347. The van der Waals surface area contributed by atoms with Gasteiger partial charge in [0.1, 0.15) is 11.2 Å². The molecule has 0 amide bonds. The van der Waals surface area contributed by atoms with E-state index in [-0.39, 0.29) is 5.41 Å². The van der Waals surface area contributed by atoms with Crippen LogP contribution in [0.15, 0.2) is 138 Å². The van der Waals surface area contributed by atoms with Gasteiger partial charge in [-0.2, -0.15) is 0 Å². The summed E-state index contributed by atoms with van der Waals surface area (Å²) in [6, 6.07) is 50.0. The van der Waals surface area contributed by atoms with Crippen LogP contribution >= 0.6 is 11.3 Å². The minimum atomic E-state index is -0.347. The van der Waals surface area contributed by atoms with Crippen LogP contribution in [0.1, 0.15) is 23.6 Å². The lowest BCUT2D eigenvalue weighted by molar-refractivity contribution is 0.669. The third-order valence-corrected chi connectivity index (χ3v) is 12.4. The van der Waals surface area contributed by atoms with Crippen LogP contribution in [-0.2, 0) is 5.41 Å². The zero-order chi connectivity index (χ0) is 30.6. The van der Waals surface area contributed by atoms with Gasteiger partial charge in [-0.3, -0.25) is 0 Å². The Labute approximate surface area is 273 Å². The zero-order valence-corrected chi connectivity index (χ0v) is 26.3. The number of thiophene rings is 1. The van der Waals surface area contributed by atoms with E-state index in [1.54, 1.807) is 0 Å². The van der Waals surface area contributed by atoms with Gasteiger partial charge in [-0.15, -0.1) is 11.3 Å². The molecule has 0 saturated heterocycles. The Morgan fingerprint density at radius 1 is 0.511 bits per heavy atom. The van der Waals surface area contributed by atoms with E-state index >= 15 is 0 Å². The van der Waals surface area contributed by atoms with Crippen LogP contribution in [0.2, 0.25) is 0 Å². The molecule has 6 bridgehead atoms. The van der Waals surface area contributed by atoms with Crippen molar-refractivity contribution in [1.29, 1.82) is 0 Å². The molecule has 1 unspecified atom stereocenters. The van der Waals surface area contributed by atoms with Crippen molar-refractivity contribution in [2.45, 2.75) is 12.3 Å². The van der Waals surface area contributed by atoms with E-state index < -0.39 is 0 Å². The van der Waals surface area contributed by atoms with E-state index in [0.717, 1.165) is 22.2 Å². The highest BCUT2D eigenvalue weighted by atomic mass is 32.1. The highest BCUT2D eigenvalue weighted by Gasteiger charge is 2.43. The average Bonchev–Trinajstić information content (AvgIpc) is 3.84. The molecule has 0 spiro atoms. The molecule has 0 radical (unpaired) electrons. The van der Waals surface area contributed by atoms with Crippen LogP contribution in [0.4, 0.5) is 0 Å². The molecule has 10 aromatic rings. The fourth-order valence-electron chi connectivity index (χ4n) is 9.14. The first kappa shape index (κ1) is 24.6. The van der Waals surface area contributed by atoms with Crippen LogP contribution in [0.5, 0.6) is 0 Å². The number of benzene rings is 7. The van der Waals surface area contributed by atoms with Crippen LogP contribution in [0.25, 0.3) is 91.9 Å². The summed E-state index contributed by atoms with van der Waals surface area (Å²) in [6.45, 7) is 2.46. The van der Waals surface area contributed by atoms with Crippen molar-refractivity contribution in [2.75, 3.05) is 0 Å². The van der Waals surface area contributed by atoms with Crippen molar-refractivity contribution in [3.05, 3.63) is 150 Å². The van der Waals surface area contributed by atoms with Crippen molar-refractivity contribution in [2.24, 2.45) is 0 Å². The van der Waals surface area contributed by atoms with E-state index in [2.05, 4.69) is 145 Å². The maximum absolute atomic E-state index is 6.57. The first-order valence-corrected chi connectivity index (χ1v) is 17.1. The molecule has 7 aromatic carbocycles. The van der Waals surface area contributed by atoms with Gasteiger partial charge in [0.15, 0.2) is 0 Å². The molecular formula is C44H25NOS. The molecule has 1 atom stereocenters. The van der Waals surface area contributed by atoms with Gasteiger partial charge in [0.2, 0.25) is 0 Å². The maximum Gasteiger partial charge on any atom is 0.136 e. The Hall–Kier alpha value is -5.64. The molecular weight excluding hydrogens is 591 g/mol. The van der Waals surface area contributed by atoms with Gasteiger partial charge in [-0.05, 0) is 94.4 Å². The standard InChI is InChI=1S/C44H25NOS/c1-44-33-13-5-2-9-25(33)30-22-31-26-10-3-6-14-36(26)45(37(31)23-35(30)44)24-17-20-38-32(21-24)41-27(12-8-15-39(41)46-38)28-18-19-34(44)43-42(28)29-11-4-7-16-40(29)47-43/h2-23H,1H3. The van der Waals surface area contributed by atoms with Crippen LogP contribution in [0.3, 0.4) is 0 Å². The molecule has 12 rings (SSSR count). The summed E-state index contributed by atoms with van der Waals surface area (Å²) in [5, 5.41) is 7.52. The molecule has 3 aromatic heterocycles. The Bertz CT molecular complexity index is 3040. The van der Waals surface area contributed by atoms with E-state index in [4.69, 9.17) is 4.42 Å². The lowest BCUT2D eigenvalue weighted by Crippen LogP contribution is -2.22. The van der Waals surface area contributed by atoms with Crippen molar-refractivity contribution in [3.8, 4) is 27.9 Å². The Kier molecular flexibility index (Phi) is 4.28. The van der Waals surface area contributed by atoms with E-state index in [1.165, 1.54) is 86.3 Å². The molecule has 2 aliphatic rings. The van der Waals surface area contributed by atoms with Gasteiger partial charge < -0.3 is 8.98 Å². The van der Waals surface area contributed by atoms with Gasteiger partial charge >= 0.3 is 0 Å². The van der Waals surface area contributed by atoms with Crippen LogP contribution < -0.4 is 0 Å². The molecule has 0 N–H and O–H groups in total. The molecule has 47 heavy (non-hydrogen) atoms. The van der Waals surface area contributed by atoms with E-state index in [1.807, 2.05) is 11.3 Å². The lowest BCUT2D eigenvalue weighted by atomic mass is 9.73. The number of para-hydroxylation sites is 1. The number of hydrogen-bond donors (Lipinski definition) is 0. The third-order valence-electron chi connectivity index (χ3n) is 11.2. The smallest absolute Gasteiger partial charge is 0.136 e. The fraction of sp³-hybridized carbons (Fsp3) is 0.0455. The number of aromatic nitrogens is 1. The summed E-state index contributed by atoms with van der Waals surface area (Å²) >= 11 is 1.93. The van der Waals surface area contributed by atoms with Crippen molar-refractivity contribution in [1.82, 2.24) is 4.57 Å². The van der Waals surface area contributed by atoms with E-state index in [9.17, 15) is 0 Å². The van der Waals surface area contributed by atoms with E-state index in [0.29, 0.717) is 0 Å². The number of fused-ring (bicyclic) bond motifs is 18. The highest BCUT2D eigenvalue weighted by Crippen LogP contribution is 2.57. The third kappa shape index (κ3) is 2.81. The van der Waals surface area contributed by atoms with Gasteiger partial charge in [-0.1, -0.05) is 84.9 Å². The fourth-order valence-corrected chi connectivity index (χ4v) is 10.5. The molecule has 3 heteroatoms. The second kappa shape index (κ2) is 8.19. The summed E-state index contributed by atoms with van der Waals surface area (Å²) in [7, 11) is 0. The number of nitrogens with zero attached hydrogens (tertiary/aromatic N) is 1. The van der Waals surface area contributed by atoms with Gasteiger partial charge in [0.25, 0.3) is 0 Å². The van der Waals surface area contributed by atoms with Gasteiger partial charge in [0.05, 0.1) is 11.0 Å². The SMILES string of the molecule is CC12c3ccccc3-c3cc4c5ccccc5n(c4cc31)-c1ccc3oc4cccc(c4c3c1)-c1ccc2c2sc3ccccc3c12. The average molecular weight is 616 g/mol. The second-order valence-corrected chi connectivity index (χ2v) is 14.4. The molecule has 1 aliphatic heterocycles. The number of rotatable bonds is 0. The summed E-state index contributed by atoms with van der Waals surface area (Å²) in [5.74, 6) is 0. The predicted molar refractivity (Wildman–Crippen MR) is 197 cm³/mol. The van der Waals surface area contributed by atoms with Crippen LogP contribution in [0, 0.1) is 0 Å². The number of hydrogen-bond acceptors (Lipinski definition) is 2. The molecule has 4 heterocycles. The van der Waals surface area contributed by atoms with Crippen molar-refractivity contribution < 1.29 is 4.42 Å². The summed E-state index contributed by atoms with van der Waals surface area (Å²) in [5.41, 5.74) is 14.3.